The van der Waals surface area contributed by atoms with E-state index in [1.165, 1.54) is 0 Å². The molecule has 21 heavy (non-hydrogen) atoms. The highest BCUT2D eigenvalue weighted by atomic mass is 16.4. The van der Waals surface area contributed by atoms with Gasteiger partial charge >= 0.3 is 12.0 Å². The molecule has 6 nitrogen and oxygen atoms in total. The minimum atomic E-state index is -0.758. The zero-order valence-electron chi connectivity index (χ0n) is 11.5. The van der Waals surface area contributed by atoms with Gasteiger partial charge in [0.15, 0.2) is 0 Å². The van der Waals surface area contributed by atoms with Crippen molar-refractivity contribution < 1.29 is 14.7 Å². The second kappa shape index (κ2) is 6.75. The Labute approximate surface area is 122 Å². The van der Waals surface area contributed by atoms with E-state index in [9.17, 15) is 9.59 Å². The molecule has 0 saturated heterocycles. The number of carbonyl (C=O) groups is 2. The molecule has 110 valence electrons. The van der Waals surface area contributed by atoms with Crippen LogP contribution in [-0.2, 0) is 4.79 Å². The third-order valence-corrected chi connectivity index (χ3v) is 3.66. The van der Waals surface area contributed by atoms with Crippen LogP contribution in [0.5, 0.6) is 0 Å². The number of hydrogen-bond acceptors (Lipinski definition) is 3. The van der Waals surface area contributed by atoms with Crippen LogP contribution in [0.25, 0.3) is 0 Å². The summed E-state index contributed by atoms with van der Waals surface area (Å²) in [7, 11) is 0. The zero-order chi connectivity index (χ0) is 15.2. The number of rotatable bonds is 3. The maximum absolute atomic E-state index is 11.9. The van der Waals surface area contributed by atoms with Crippen LogP contribution in [0, 0.1) is 17.2 Å². The molecule has 3 N–H and O–H groups in total. The standard InChI is InChI=1S/C15H17N3O3/c16-9-10-2-1-3-13(8-10)18-15(21)17-12-6-4-11(5-7-12)14(19)20/h1-3,8,11-12H,4-7H2,(H,19,20)(H2,17,18,21). The average molecular weight is 287 g/mol. The lowest BCUT2D eigenvalue weighted by atomic mass is 9.86. The summed E-state index contributed by atoms with van der Waals surface area (Å²) >= 11 is 0. The Bertz CT molecular complexity index is 572. The topological polar surface area (TPSA) is 102 Å². The molecule has 0 aromatic heterocycles. The molecular weight excluding hydrogens is 270 g/mol. The van der Waals surface area contributed by atoms with Gasteiger partial charge in [-0.3, -0.25) is 4.79 Å². The van der Waals surface area contributed by atoms with Crippen molar-refractivity contribution >= 4 is 17.7 Å². The number of aliphatic carboxylic acids is 1. The van der Waals surface area contributed by atoms with Crippen LogP contribution in [0.3, 0.4) is 0 Å². The smallest absolute Gasteiger partial charge is 0.319 e. The van der Waals surface area contributed by atoms with Crippen molar-refractivity contribution in [2.45, 2.75) is 31.7 Å². The van der Waals surface area contributed by atoms with Crippen molar-refractivity contribution in [3.63, 3.8) is 0 Å². The number of nitrogens with zero attached hydrogens (tertiary/aromatic N) is 1. The number of nitriles is 1. The molecule has 2 rings (SSSR count). The van der Waals surface area contributed by atoms with Gasteiger partial charge in [-0.1, -0.05) is 6.07 Å². The molecule has 1 saturated carbocycles. The van der Waals surface area contributed by atoms with E-state index in [0.29, 0.717) is 36.9 Å². The number of urea groups is 1. The summed E-state index contributed by atoms with van der Waals surface area (Å²) in [5.41, 5.74) is 1.04. The normalized spacial score (nSPS) is 21.1. The molecule has 0 radical (unpaired) electrons. The Morgan fingerprint density at radius 3 is 2.57 bits per heavy atom. The Morgan fingerprint density at radius 1 is 1.24 bits per heavy atom. The molecule has 0 spiro atoms. The molecular formula is C15H17N3O3. The van der Waals surface area contributed by atoms with Crippen LogP contribution in [0.4, 0.5) is 10.5 Å². The molecule has 0 heterocycles. The maximum Gasteiger partial charge on any atom is 0.319 e. The first-order chi connectivity index (χ1) is 10.1. The summed E-state index contributed by atoms with van der Waals surface area (Å²) in [6.07, 6.45) is 2.51. The van der Waals surface area contributed by atoms with Crippen LogP contribution in [-0.4, -0.2) is 23.1 Å². The number of carboxylic acid groups (broad SMARTS) is 1. The molecule has 0 aliphatic heterocycles. The Hall–Kier alpha value is -2.55. The summed E-state index contributed by atoms with van der Waals surface area (Å²) in [5, 5.41) is 23.2. The summed E-state index contributed by atoms with van der Waals surface area (Å²) in [5.74, 6) is -1.05. The number of nitrogens with one attached hydrogen (secondary N) is 2. The van der Waals surface area contributed by atoms with Crippen molar-refractivity contribution in [1.82, 2.24) is 5.32 Å². The highest BCUT2D eigenvalue weighted by molar-refractivity contribution is 5.89. The number of anilines is 1. The van der Waals surface area contributed by atoms with E-state index >= 15 is 0 Å². The molecule has 6 heteroatoms. The first kappa shape index (κ1) is 14.9. The van der Waals surface area contributed by atoms with Crippen LogP contribution >= 0.6 is 0 Å². The van der Waals surface area contributed by atoms with Gasteiger partial charge < -0.3 is 15.7 Å². The third-order valence-electron chi connectivity index (χ3n) is 3.66. The minimum Gasteiger partial charge on any atom is -0.481 e. The SMILES string of the molecule is N#Cc1cccc(NC(=O)NC2CCC(C(=O)O)CC2)c1. The summed E-state index contributed by atoms with van der Waals surface area (Å²) in [6, 6.07) is 8.35. The van der Waals surface area contributed by atoms with E-state index in [0.717, 1.165) is 0 Å². The monoisotopic (exact) mass is 287 g/mol. The summed E-state index contributed by atoms with van der Waals surface area (Å²) in [6.45, 7) is 0. The molecule has 0 bridgehead atoms. The Balaban J connectivity index is 1.83. The fourth-order valence-electron chi connectivity index (χ4n) is 2.50. The molecule has 1 fully saturated rings. The van der Waals surface area contributed by atoms with E-state index in [1.54, 1.807) is 24.3 Å². The van der Waals surface area contributed by atoms with Gasteiger partial charge in [0.1, 0.15) is 0 Å². The maximum atomic E-state index is 11.9. The second-order valence-corrected chi connectivity index (χ2v) is 5.18. The second-order valence-electron chi connectivity index (χ2n) is 5.18. The number of carboxylic acids is 1. The van der Waals surface area contributed by atoms with Gasteiger partial charge in [0.05, 0.1) is 17.6 Å². The quantitative estimate of drug-likeness (QED) is 0.793. The fourth-order valence-corrected chi connectivity index (χ4v) is 2.50. The lowest BCUT2D eigenvalue weighted by molar-refractivity contribution is -0.142. The predicted molar refractivity (Wildman–Crippen MR) is 76.7 cm³/mol. The molecule has 1 aromatic carbocycles. The molecule has 0 atom stereocenters. The van der Waals surface area contributed by atoms with Crippen LogP contribution in [0.2, 0.25) is 0 Å². The van der Waals surface area contributed by atoms with E-state index in [2.05, 4.69) is 10.6 Å². The van der Waals surface area contributed by atoms with Crippen molar-refractivity contribution in [3.8, 4) is 6.07 Å². The average Bonchev–Trinajstić information content (AvgIpc) is 2.47. The number of hydrogen-bond donors (Lipinski definition) is 3. The highest BCUT2D eigenvalue weighted by Crippen LogP contribution is 2.24. The first-order valence-corrected chi connectivity index (χ1v) is 6.89. The van der Waals surface area contributed by atoms with Crippen LogP contribution in [0.1, 0.15) is 31.2 Å². The van der Waals surface area contributed by atoms with Crippen molar-refractivity contribution in [1.29, 1.82) is 5.26 Å². The van der Waals surface area contributed by atoms with Gasteiger partial charge in [-0.05, 0) is 43.9 Å². The van der Waals surface area contributed by atoms with Crippen LogP contribution in [0.15, 0.2) is 24.3 Å². The highest BCUT2D eigenvalue weighted by Gasteiger charge is 2.26. The van der Waals surface area contributed by atoms with Gasteiger partial charge in [-0.15, -0.1) is 0 Å². The minimum absolute atomic E-state index is 0.000232. The van der Waals surface area contributed by atoms with Gasteiger partial charge in [0.2, 0.25) is 0 Å². The number of amides is 2. The van der Waals surface area contributed by atoms with E-state index < -0.39 is 5.97 Å². The van der Waals surface area contributed by atoms with E-state index in [4.69, 9.17) is 10.4 Å². The van der Waals surface area contributed by atoms with Gasteiger partial charge in [-0.25, -0.2) is 4.79 Å². The lowest BCUT2D eigenvalue weighted by Gasteiger charge is -2.26. The zero-order valence-corrected chi connectivity index (χ0v) is 11.5. The lowest BCUT2D eigenvalue weighted by Crippen LogP contribution is -2.40. The van der Waals surface area contributed by atoms with Crippen molar-refractivity contribution in [2.75, 3.05) is 5.32 Å². The Morgan fingerprint density at radius 2 is 1.95 bits per heavy atom. The third kappa shape index (κ3) is 4.21. The summed E-state index contributed by atoms with van der Waals surface area (Å²) < 4.78 is 0. The largest absolute Gasteiger partial charge is 0.481 e. The molecule has 2 amide bonds. The first-order valence-electron chi connectivity index (χ1n) is 6.89. The van der Waals surface area contributed by atoms with Crippen molar-refractivity contribution in [3.05, 3.63) is 29.8 Å². The van der Waals surface area contributed by atoms with Crippen LogP contribution < -0.4 is 10.6 Å². The molecule has 1 aliphatic carbocycles. The number of carbonyl (C=O) groups excluding carboxylic acids is 1. The molecule has 0 unspecified atom stereocenters. The summed E-state index contributed by atoms with van der Waals surface area (Å²) in [4.78, 5) is 22.7. The predicted octanol–water partition coefficient (Wildman–Crippen LogP) is 2.32. The fraction of sp³-hybridized carbons (Fsp3) is 0.400. The van der Waals surface area contributed by atoms with E-state index in [1.807, 2.05) is 6.07 Å². The van der Waals surface area contributed by atoms with Gasteiger partial charge in [0.25, 0.3) is 0 Å². The number of benzene rings is 1. The van der Waals surface area contributed by atoms with Crippen molar-refractivity contribution in [2.24, 2.45) is 5.92 Å². The molecule has 1 aliphatic rings. The van der Waals surface area contributed by atoms with Gasteiger partial charge in [-0.2, -0.15) is 5.26 Å². The Kier molecular flexibility index (Phi) is 4.77. The van der Waals surface area contributed by atoms with E-state index in [-0.39, 0.29) is 18.0 Å². The van der Waals surface area contributed by atoms with Gasteiger partial charge in [0, 0.05) is 11.7 Å². The molecule has 1 aromatic rings.